The number of carboxylic acid groups (broad SMARTS) is 1. The van der Waals surface area contributed by atoms with Crippen molar-refractivity contribution in [3.8, 4) is 11.5 Å². The number of carbonyl (C=O) groups is 10. The minimum atomic E-state index is -1.60. The Bertz CT molecular complexity index is 2130. The Balaban J connectivity index is 1.85. The predicted molar refractivity (Wildman–Crippen MR) is 247 cm³/mol. The standard InChI is InChI=1S/C44H62N10O13S/c1-23(2)17-32(49-36(58)21-47-35(57)20-45)44(67)54-16-4-5-34(54)43(66)52-31(19-26-8-12-28(56)13-9-26)41(64)50-29(14-15-37(59)60)40(63)48-24(3)39(62)51-30(18-25-6-10-27(55)11-7-25)42(65)53-33(22-68)38(46)61/h6-13,23-24,29-34,55-56,68H,4-5,14-22,45H2,1-3H3,(H2,46,61)(H,47,57)(H,48,63)(H,49,58)(H,50,64)(H,51,62)(H,52,66)(H,53,65)(H,59,60)/t24-,29-,30-,31-,32-,33-,34-/m0/s1. The van der Waals surface area contributed by atoms with Crippen molar-refractivity contribution in [2.75, 3.05) is 25.4 Å². The molecule has 0 radical (unpaired) electrons. The lowest BCUT2D eigenvalue weighted by atomic mass is 10.0. The van der Waals surface area contributed by atoms with Crippen molar-refractivity contribution in [2.45, 2.75) is 108 Å². The largest absolute Gasteiger partial charge is 0.508 e. The molecule has 0 aliphatic carbocycles. The number of primary amides is 1. The molecule has 23 nitrogen and oxygen atoms in total. The SMILES string of the molecule is CC(C)C[C@H](NC(=O)CNC(=O)CN)C(=O)N1CCC[C@H]1C(=O)N[C@@H](Cc1ccc(O)cc1)C(=O)N[C@@H](CCC(=O)O)C(=O)N[C@@H](C)C(=O)N[C@@H](Cc1ccc(O)cc1)C(=O)N[C@@H](CS)C(N)=O. The summed E-state index contributed by atoms with van der Waals surface area (Å²) < 4.78 is 0. The summed E-state index contributed by atoms with van der Waals surface area (Å²) in [7, 11) is 0. The second kappa shape index (κ2) is 27.0. The molecule has 3 rings (SSSR count). The summed E-state index contributed by atoms with van der Waals surface area (Å²) in [6.07, 6.45) is -0.684. The summed E-state index contributed by atoms with van der Waals surface area (Å²) in [5, 5.41) is 46.6. The molecule has 0 saturated carbocycles. The first kappa shape index (κ1) is 55.4. The van der Waals surface area contributed by atoms with E-state index in [1.807, 2.05) is 13.8 Å². The molecule has 1 saturated heterocycles. The Morgan fingerprint density at radius 2 is 1.21 bits per heavy atom. The van der Waals surface area contributed by atoms with Crippen molar-refractivity contribution in [1.82, 2.24) is 42.1 Å². The highest BCUT2D eigenvalue weighted by Gasteiger charge is 2.40. The number of amides is 9. The van der Waals surface area contributed by atoms with Crippen LogP contribution in [-0.4, -0.2) is 147 Å². The van der Waals surface area contributed by atoms with Gasteiger partial charge in [0.1, 0.15) is 53.8 Å². The molecule has 0 bridgehead atoms. The summed E-state index contributed by atoms with van der Waals surface area (Å²) in [5.74, 6) is -8.85. The second-order valence-corrected chi connectivity index (χ2v) is 17.0. The van der Waals surface area contributed by atoms with Gasteiger partial charge in [-0.2, -0.15) is 12.6 Å². The van der Waals surface area contributed by atoms with Gasteiger partial charge in [0, 0.05) is 31.6 Å². The number of carbonyl (C=O) groups excluding carboxylic acids is 9. The van der Waals surface area contributed by atoms with E-state index in [2.05, 4.69) is 49.8 Å². The molecule has 7 atom stereocenters. The van der Waals surface area contributed by atoms with Gasteiger partial charge in [-0.15, -0.1) is 0 Å². The molecule has 372 valence electrons. The van der Waals surface area contributed by atoms with Gasteiger partial charge in [0.05, 0.1) is 13.1 Å². The number of carboxylic acids is 1. The first-order valence-corrected chi connectivity index (χ1v) is 22.5. The van der Waals surface area contributed by atoms with E-state index in [-0.39, 0.29) is 61.9 Å². The molecular formula is C44H62N10O13S. The highest BCUT2D eigenvalue weighted by Crippen LogP contribution is 2.22. The number of phenolic OH excluding ortho intramolecular Hbond substituents is 2. The zero-order valence-electron chi connectivity index (χ0n) is 38.0. The maximum Gasteiger partial charge on any atom is 0.303 e. The zero-order chi connectivity index (χ0) is 50.7. The third-order valence-electron chi connectivity index (χ3n) is 10.7. The molecule has 14 N–H and O–H groups in total. The first-order valence-electron chi connectivity index (χ1n) is 21.9. The molecule has 0 aromatic heterocycles. The fourth-order valence-electron chi connectivity index (χ4n) is 7.08. The van der Waals surface area contributed by atoms with Crippen molar-refractivity contribution in [2.24, 2.45) is 17.4 Å². The van der Waals surface area contributed by atoms with Crippen molar-refractivity contribution >= 4 is 71.8 Å². The monoisotopic (exact) mass is 970 g/mol. The third-order valence-corrected chi connectivity index (χ3v) is 11.1. The number of aromatic hydroxyl groups is 2. The van der Waals surface area contributed by atoms with E-state index in [0.717, 1.165) is 0 Å². The van der Waals surface area contributed by atoms with Gasteiger partial charge in [-0.3, -0.25) is 47.9 Å². The number of benzene rings is 2. The number of hydrogen-bond acceptors (Lipinski definition) is 14. The minimum absolute atomic E-state index is 0.0615. The molecule has 24 heteroatoms. The van der Waals surface area contributed by atoms with Gasteiger partial charge in [0.15, 0.2) is 0 Å². The molecule has 1 aliphatic heterocycles. The van der Waals surface area contributed by atoms with Crippen LogP contribution in [0.5, 0.6) is 11.5 Å². The van der Waals surface area contributed by atoms with Crippen molar-refractivity contribution in [1.29, 1.82) is 0 Å². The van der Waals surface area contributed by atoms with Crippen molar-refractivity contribution in [3.05, 3.63) is 59.7 Å². The summed E-state index contributed by atoms with van der Waals surface area (Å²) >= 11 is 4.03. The van der Waals surface area contributed by atoms with E-state index in [1.165, 1.54) is 60.4 Å². The number of rotatable bonds is 26. The lowest BCUT2D eigenvalue weighted by molar-refractivity contribution is -0.142. The zero-order valence-corrected chi connectivity index (χ0v) is 38.9. The van der Waals surface area contributed by atoms with Gasteiger partial charge < -0.3 is 68.9 Å². The number of thiol groups is 1. The molecule has 1 aliphatic rings. The molecule has 2 aromatic carbocycles. The van der Waals surface area contributed by atoms with Crippen LogP contribution < -0.4 is 48.7 Å². The summed E-state index contributed by atoms with van der Waals surface area (Å²) in [5.41, 5.74) is 11.6. The van der Waals surface area contributed by atoms with E-state index in [9.17, 15) is 63.3 Å². The second-order valence-electron chi connectivity index (χ2n) is 16.7. The van der Waals surface area contributed by atoms with E-state index < -0.39 is 121 Å². The summed E-state index contributed by atoms with van der Waals surface area (Å²) in [4.78, 5) is 132. The van der Waals surface area contributed by atoms with Crippen LogP contribution in [0, 0.1) is 5.92 Å². The number of hydrogen-bond donors (Lipinski definition) is 13. The smallest absolute Gasteiger partial charge is 0.303 e. The maximum atomic E-state index is 14.2. The first-order chi connectivity index (χ1) is 32.1. The summed E-state index contributed by atoms with van der Waals surface area (Å²) in [6.45, 7) is 4.27. The Kier molecular flexibility index (Phi) is 22.0. The topological polar surface area (TPSA) is 371 Å². The van der Waals surface area contributed by atoms with E-state index in [1.54, 1.807) is 0 Å². The number of nitrogens with one attached hydrogen (secondary N) is 7. The minimum Gasteiger partial charge on any atom is -0.508 e. The average Bonchev–Trinajstić information content (AvgIpc) is 3.79. The maximum absolute atomic E-state index is 14.2. The molecule has 1 fully saturated rings. The Morgan fingerprint density at radius 1 is 0.691 bits per heavy atom. The van der Waals surface area contributed by atoms with E-state index in [4.69, 9.17) is 11.5 Å². The molecule has 1 heterocycles. The van der Waals surface area contributed by atoms with Gasteiger partial charge in [0.25, 0.3) is 0 Å². The number of nitrogens with zero attached hydrogens (tertiary/aromatic N) is 1. The van der Waals surface area contributed by atoms with Crippen LogP contribution in [0.2, 0.25) is 0 Å². The lowest BCUT2D eigenvalue weighted by Gasteiger charge is -2.31. The normalized spacial score (nSPS) is 15.9. The molecule has 68 heavy (non-hydrogen) atoms. The van der Waals surface area contributed by atoms with Gasteiger partial charge in [-0.1, -0.05) is 38.1 Å². The lowest BCUT2D eigenvalue weighted by Crippen LogP contribution is -2.60. The Hall–Kier alpha value is -6.95. The van der Waals surface area contributed by atoms with Crippen LogP contribution in [-0.2, 0) is 60.8 Å². The highest BCUT2D eigenvalue weighted by molar-refractivity contribution is 7.80. The van der Waals surface area contributed by atoms with Crippen LogP contribution in [0.15, 0.2) is 48.5 Å². The number of nitrogens with two attached hydrogens (primary N) is 2. The van der Waals surface area contributed by atoms with E-state index in [0.29, 0.717) is 17.5 Å². The molecule has 0 unspecified atom stereocenters. The molecule has 9 amide bonds. The Morgan fingerprint density at radius 3 is 1.71 bits per heavy atom. The van der Waals surface area contributed by atoms with E-state index >= 15 is 0 Å². The quantitative estimate of drug-likeness (QED) is 0.0424. The van der Waals surface area contributed by atoms with Crippen molar-refractivity contribution in [3.63, 3.8) is 0 Å². The van der Waals surface area contributed by atoms with Crippen LogP contribution in [0.25, 0.3) is 0 Å². The fraction of sp³-hybridized carbons (Fsp3) is 0.500. The van der Waals surface area contributed by atoms with Crippen molar-refractivity contribution < 1.29 is 63.3 Å². The highest BCUT2D eigenvalue weighted by atomic mass is 32.1. The van der Waals surface area contributed by atoms with Crippen LogP contribution in [0.4, 0.5) is 0 Å². The third kappa shape index (κ3) is 18.0. The number of aliphatic carboxylic acids is 1. The molecule has 2 aromatic rings. The van der Waals surface area contributed by atoms with Crippen LogP contribution in [0.1, 0.15) is 64.0 Å². The summed E-state index contributed by atoms with van der Waals surface area (Å²) in [6, 6.07) is 2.17. The molecule has 0 spiro atoms. The molecular weight excluding hydrogens is 909 g/mol. The Labute approximate surface area is 398 Å². The van der Waals surface area contributed by atoms with Gasteiger partial charge in [0.2, 0.25) is 53.2 Å². The van der Waals surface area contributed by atoms with Crippen LogP contribution >= 0.6 is 12.6 Å². The predicted octanol–water partition coefficient (Wildman–Crippen LogP) is -2.80. The van der Waals surface area contributed by atoms with Gasteiger partial charge in [-0.25, -0.2) is 0 Å². The van der Waals surface area contributed by atoms with Crippen LogP contribution in [0.3, 0.4) is 0 Å². The van der Waals surface area contributed by atoms with Gasteiger partial charge >= 0.3 is 5.97 Å². The van der Waals surface area contributed by atoms with Gasteiger partial charge in [-0.05, 0) is 73.9 Å². The number of likely N-dealkylation sites (tertiary alicyclic amines) is 1. The fourth-order valence-corrected chi connectivity index (χ4v) is 7.35. The average molecular weight is 971 g/mol. The number of phenols is 2.